The highest BCUT2D eigenvalue weighted by molar-refractivity contribution is 7.89. The van der Waals surface area contributed by atoms with Gasteiger partial charge in [-0.25, -0.2) is 8.42 Å². The normalized spacial score (nSPS) is 23.2. The van der Waals surface area contributed by atoms with E-state index in [4.69, 9.17) is 4.74 Å². The fourth-order valence-corrected chi connectivity index (χ4v) is 7.03. The zero-order valence-electron chi connectivity index (χ0n) is 20.0. The van der Waals surface area contributed by atoms with Crippen LogP contribution in [0.4, 0.5) is 5.69 Å². The van der Waals surface area contributed by atoms with Crippen LogP contribution in [0.5, 0.6) is 0 Å². The molecule has 0 radical (unpaired) electrons. The molecule has 2 N–H and O–H groups in total. The number of sulfonamides is 1. The summed E-state index contributed by atoms with van der Waals surface area (Å²) in [5.74, 6) is -0.147. The molecule has 2 aromatic carbocycles. The van der Waals surface area contributed by atoms with Crippen molar-refractivity contribution < 1.29 is 23.1 Å². The van der Waals surface area contributed by atoms with Gasteiger partial charge < -0.3 is 24.6 Å². The molecule has 6 rings (SSSR count). The minimum atomic E-state index is -3.87. The molecule has 0 unspecified atom stereocenters. The van der Waals surface area contributed by atoms with Crippen molar-refractivity contribution in [3.05, 3.63) is 48.5 Å². The molecule has 0 bridgehead atoms. The van der Waals surface area contributed by atoms with Crippen LogP contribution < -0.4 is 4.90 Å². The molecule has 190 valence electrons. The summed E-state index contributed by atoms with van der Waals surface area (Å²) in [6.45, 7) is 3.46. The van der Waals surface area contributed by atoms with E-state index in [0.717, 1.165) is 27.8 Å². The van der Waals surface area contributed by atoms with Crippen LogP contribution in [0.1, 0.15) is 12.8 Å². The number of aromatic nitrogens is 1. The highest BCUT2D eigenvalue weighted by Gasteiger charge is 2.44. The SMILES string of the molecule is O=C([C@@H]1CCN1S(=O)(=O)c1ccc(N2CC[C@@H](O)C2)c(-c2cc3ccccc3[nH]2)c1)N1CCOCC1. The van der Waals surface area contributed by atoms with Crippen LogP contribution in [-0.2, 0) is 19.6 Å². The van der Waals surface area contributed by atoms with E-state index in [0.29, 0.717) is 58.8 Å². The van der Waals surface area contributed by atoms with Gasteiger partial charge in [0.2, 0.25) is 15.9 Å². The minimum absolute atomic E-state index is 0.147. The maximum Gasteiger partial charge on any atom is 0.243 e. The Morgan fingerprint density at radius 3 is 2.50 bits per heavy atom. The number of aliphatic hydroxyl groups is 1. The average molecular weight is 511 g/mol. The van der Waals surface area contributed by atoms with Crippen molar-refractivity contribution in [1.82, 2.24) is 14.2 Å². The summed E-state index contributed by atoms with van der Waals surface area (Å²) in [6, 6.07) is 14.4. The molecule has 1 aromatic heterocycles. The summed E-state index contributed by atoms with van der Waals surface area (Å²) < 4.78 is 34.1. The van der Waals surface area contributed by atoms with E-state index < -0.39 is 22.2 Å². The number of rotatable bonds is 5. The number of anilines is 1. The van der Waals surface area contributed by atoms with Crippen molar-refractivity contribution in [2.45, 2.75) is 29.9 Å². The van der Waals surface area contributed by atoms with Crippen LogP contribution in [0.15, 0.2) is 53.4 Å². The number of morpholine rings is 1. The van der Waals surface area contributed by atoms with Crippen molar-refractivity contribution in [1.29, 1.82) is 0 Å². The summed E-state index contributed by atoms with van der Waals surface area (Å²) in [4.78, 5) is 20.4. The monoisotopic (exact) mass is 510 g/mol. The molecule has 3 aliphatic heterocycles. The Labute approximate surface area is 210 Å². The third-order valence-corrected chi connectivity index (χ3v) is 9.38. The first kappa shape index (κ1) is 23.5. The average Bonchev–Trinajstić information content (AvgIpc) is 3.49. The van der Waals surface area contributed by atoms with Crippen LogP contribution in [0, 0.1) is 0 Å². The molecule has 9 nitrogen and oxygen atoms in total. The predicted octanol–water partition coefficient (Wildman–Crippen LogP) is 2.03. The van der Waals surface area contributed by atoms with Crippen molar-refractivity contribution in [2.24, 2.45) is 0 Å². The number of carbonyl (C=O) groups is 1. The fraction of sp³-hybridized carbons (Fsp3) is 0.423. The number of β-amino-alcohol motifs (C(OH)–C–C–N with tert-alkyl or cyclic N) is 1. The molecule has 2 atom stereocenters. The minimum Gasteiger partial charge on any atom is -0.391 e. The number of fused-ring (bicyclic) bond motifs is 1. The van der Waals surface area contributed by atoms with E-state index in [-0.39, 0.29) is 10.8 Å². The lowest BCUT2D eigenvalue weighted by molar-refractivity contribution is -0.142. The Balaban J connectivity index is 1.36. The molecular formula is C26H30N4O5S. The molecule has 0 spiro atoms. The number of amides is 1. The second-order valence-electron chi connectivity index (χ2n) is 9.70. The Hall–Kier alpha value is -2.92. The Morgan fingerprint density at radius 1 is 1.00 bits per heavy atom. The first-order valence-electron chi connectivity index (χ1n) is 12.5. The van der Waals surface area contributed by atoms with Gasteiger partial charge in [0.25, 0.3) is 0 Å². The standard InChI is InChI=1S/C26H30N4O5S/c31-19-7-9-29(17-19)24-6-5-20(16-21(24)23-15-18-3-1-2-4-22(18)27-23)36(33,34)30-10-8-25(30)26(32)28-11-13-35-14-12-28/h1-6,15-16,19,25,27,31H,7-14,17H2/t19-,25+/m1/s1. The Bertz CT molecular complexity index is 1370. The quantitative estimate of drug-likeness (QED) is 0.544. The predicted molar refractivity (Wildman–Crippen MR) is 136 cm³/mol. The number of para-hydroxylation sites is 1. The number of carbonyl (C=O) groups excluding carboxylic acids is 1. The highest BCUT2D eigenvalue weighted by atomic mass is 32.2. The number of aliphatic hydroxyl groups excluding tert-OH is 1. The van der Waals surface area contributed by atoms with E-state index in [9.17, 15) is 18.3 Å². The maximum absolute atomic E-state index is 13.7. The summed E-state index contributed by atoms with van der Waals surface area (Å²) in [5.41, 5.74) is 3.42. The lowest BCUT2D eigenvalue weighted by atomic mass is 10.1. The summed E-state index contributed by atoms with van der Waals surface area (Å²) in [6.07, 6.45) is 0.788. The molecule has 0 aliphatic carbocycles. The zero-order chi connectivity index (χ0) is 24.9. The first-order valence-corrected chi connectivity index (χ1v) is 13.9. The van der Waals surface area contributed by atoms with E-state index in [1.165, 1.54) is 4.31 Å². The first-order chi connectivity index (χ1) is 17.4. The second-order valence-corrected chi connectivity index (χ2v) is 11.6. The third kappa shape index (κ3) is 4.07. The van der Waals surface area contributed by atoms with Gasteiger partial charge >= 0.3 is 0 Å². The van der Waals surface area contributed by atoms with Crippen LogP contribution in [0.25, 0.3) is 22.2 Å². The number of nitrogens with zero attached hydrogens (tertiary/aromatic N) is 3. The number of ether oxygens (including phenoxy) is 1. The molecule has 3 aliphatic rings. The molecular weight excluding hydrogens is 480 g/mol. The van der Waals surface area contributed by atoms with Gasteiger partial charge in [-0.3, -0.25) is 4.79 Å². The summed E-state index contributed by atoms with van der Waals surface area (Å²) in [7, 11) is -3.87. The second kappa shape index (κ2) is 9.19. The van der Waals surface area contributed by atoms with E-state index >= 15 is 0 Å². The van der Waals surface area contributed by atoms with Gasteiger partial charge in [0, 0.05) is 60.6 Å². The molecule has 36 heavy (non-hydrogen) atoms. The number of H-pyrrole nitrogens is 1. The number of aromatic amines is 1. The molecule has 3 fully saturated rings. The van der Waals surface area contributed by atoms with Crippen molar-refractivity contribution >= 4 is 32.5 Å². The topological polar surface area (TPSA) is 106 Å². The zero-order valence-corrected chi connectivity index (χ0v) is 20.8. The number of hydrogen-bond acceptors (Lipinski definition) is 6. The largest absolute Gasteiger partial charge is 0.391 e. The smallest absolute Gasteiger partial charge is 0.243 e. The van der Waals surface area contributed by atoms with Crippen LogP contribution >= 0.6 is 0 Å². The van der Waals surface area contributed by atoms with Gasteiger partial charge in [-0.15, -0.1) is 0 Å². The number of nitrogens with one attached hydrogen (secondary N) is 1. The third-order valence-electron chi connectivity index (χ3n) is 7.48. The lowest BCUT2D eigenvalue weighted by Crippen LogP contribution is -2.60. The number of benzene rings is 2. The molecule has 4 heterocycles. The van der Waals surface area contributed by atoms with Crippen LogP contribution in [-0.4, -0.2) is 91.7 Å². The van der Waals surface area contributed by atoms with E-state index in [2.05, 4.69) is 9.88 Å². The summed E-state index contributed by atoms with van der Waals surface area (Å²) in [5, 5.41) is 11.2. The molecule has 10 heteroatoms. The van der Waals surface area contributed by atoms with Gasteiger partial charge in [0.05, 0.1) is 24.2 Å². The Morgan fingerprint density at radius 2 is 1.81 bits per heavy atom. The lowest BCUT2D eigenvalue weighted by Gasteiger charge is -2.41. The van der Waals surface area contributed by atoms with Gasteiger partial charge in [-0.2, -0.15) is 4.31 Å². The van der Waals surface area contributed by atoms with E-state index in [1.54, 1.807) is 17.0 Å². The van der Waals surface area contributed by atoms with Gasteiger partial charge in [0.1, 0.15) is 6.04 Å². The van der Waals surface area contributed by atoms with Gasteiger partial charge in [-0.05, 0) is 43.2 Å². The van der Waals surface area contributed by atoms with E-state index in [1.807, 2.05) is 36.4 Å². The van der Waals surface area contributed by atoms with Crippen molar-refractivity contribution in [3.8, 4) is 11.3 Å². The number of hydrogen-bond donors (Lipinski definition) is 2. The molecule has 1 amide bonds. The van der Waals surface area contributed by atoms with Crippen LogP contribution in [0.3, 0.4) is 0 Å². The summed E-state index contributed by atoms with van der Waals surface area (Å²) >= 11 is 0. The molecule has 3 aromatic rings. The molecule has 0 saturated carbocycles. The van der Waals surface area contributed by atoms with Crippen LogP contribution in [0.2, 0.25) is 0 Å². The van der Waals surface area contributed by atoms with Crippen molar-refractivity contribution in [2.75, 3.05) is 50.8 Å². The van der Waals surface area contributed by atoms with Gasteiger partial charge in [-0.1, -0.05) is 18.2 Å². The Kier molecular flexibility index (Phi) is 5.99. The molecule has 3 saturated heterocycles. The fourth-order valence-electron chi connectivity index (χ4n) is 5.37. The van der Waals surface area contributed by atoms with Crippen molar-refractivity contribution in [3.63, 3.8) is 0 Å². The van der Waals surface area contributed by atoms with Gasteiger partial charge in [0.15, 0.2) is 0 Å². The maximum atomic E-state index is 13.7. The highest BCUT2D eigenvalue weighted by Crippen LogP contribution is 2.38.